The van der Waals surface area contributed by atoms with Crippen molar-refractivity contribution in [3.05, 3.63) is 83.9 Å². The van der Waals surface area contributed by atoms with Crippen molar-refractivity contribution >= 4 is 21.6 Å². The molecule has 2 atom stereocenters. The zero-order valence-electron chi connectivity index (χ0n) is 22.2. The van der Waals surface area contributed by atoms with Crippen LogP contribution in [0.15, 0.2) is 77.7 Å². The number of hydrogen-bond donors (Lipinski definition) is 1. The number of sulfonamides is 1. The molecule has 40 heavy (non-hydrogen) atoms. The number of benzene rings is 3. The van der Waals surface area contributed by atoms with E-state index in [9.17, 15) is 26.4 Å². The number of nitrogens with zero attached hydrogens (tertiary/aromatic N) is 2. The van der Waals surface area contributed by atoms with Crippen molar-refractivity contribution in [1.29, 1.82) is 0 Å². The van der Waals surface area contributed by atoms with Crippen LogP contribution in [0.3, 0.4) is 0 Å². The van der Waals surface area contributed by atoms with Crippen LogP contribution >= 0.6 is 0 Å². The highest BCUT2D eigenvalue weighted by atomic mass is 32.2. The summed E-state index contributed by atoms with van der Waals surface area (Å²) in [4.78, 5) is 17.1. The van der Waals surface area contributed by atoms with E-state index in [1.54, 1.807) is 24.3 Å². The molecule has 0 radical (unpaired) electrons. The van der Waals surface area contributed by atoms with Crippen molar-refractivity contribution in [3.8, 4) is 11.1 Å². The first kappa shape index (κ1) is 28.2. The lowest BCUT2D eigenvalue weighted by molar-refractivity contribution is -0.161. The number of carbonyl (C=O) groups excluding carboxylic acids is 1. The molecule has 2 aliphatic rings. The number of anilines is 1. The predicted octanol–water partition coefficient (Wildman–Crippen LogP) is 5.55. The van der Waals surface area contributed by atoms with Gasteiger partial charge in [0.05, 0.1) is 10.8 Å². The standard InChI is InChI=1S/C30H32F3N3O3S/c1-2-3-17-36(20-30(31,32)33)29(37)28-25-13-8-7-12-23(25)24-14-9-15-26(27(24)28)35-18-16-21(19-35)34-40(38,39)22-10-5-4-6-11-22/h4-15,21,28,34H,2-3,16-20H2,1H3. The Morgan fingerprint density at radius 3 is 2.42 bits per heavy atom. The molecule has 0 bridgehead atoms. The molecular weight excluding hydrogens is 539 g/mol. The van der Waals surface area contributed by atoms with Gasteiger partial charge < -0.3 is 9.80 Å². The van der Waals surface area contributed by atoms with Gasteiger partial charge in [-0.15, -0.1) is 0 Å². The molecule has 1 aliphatic heterocycles. The van der Waals surface area contributed by atoms with Crippen molar-refractivity contribution in [2.24, 2.45) is 0 Å². The van der Waals surface area contributed by atoms with E-state index in [0.29, 0.717) is 43.5 Å². The number of fused-ring (bicyclic) bond motifs is 3. The summed E-state index contributed by atoms with van der Waals surface area (Å²) in [6, 6.07) is 20.8. The van der Waals surface area contributed by atoms with Gasteiger partial charge in [0.15, 0.2) is 0 Å². The number of alkyl halides is 3. The van der Waals surface area contributed by atoms with Crippen LogP contribution in [0.1, 0.15) is 43.2 Å². The minimum Gasteiger partial charge on any atom is -0.370 e. The molecule has 6 nitrogen and oxygen atoms in total. The second-order valence-corrected chi connectivity index (χ2v) is 12.1. The van der Waals surface area contributed by atoms with Gasteiger partial charge in [-0.25, -0.2) is 13.1 Å². The summed E-state index contributed by atoms with van der Waals surface area (Å²) in [5.74, 6) is -1.44. The van der Waals surface area contributed by atoms with Crippen molar-refractivity contribution in [1.82, 2.24) is 9.62 Å². The molecule has 0 spiro atoms. The monoisotopic (exact) mass is 571 g/mol. The van der Waals surface area contributed by atoms with E-state index in [-0.39, 0.29) is 17.5 Å². The lowest BCUT2D eigenvalue weighted by atomic mass is 9.93. The third-order valence-corrected chi connectivity index (χ3v) is 9.08. The highest BCUT2D eigenvalue weighted by Crippen LogP contribution is 2.50. The quantitative estimate of drug-likeness (QED) is 0.366. The van der Waals surface area contributed by atoms with Gasteiger partial charge in [0.1, 0.15) is 6.54 Å². The van der Waals surface area contributed by atoms with E-state index in [2.05, 4.69) is 4.72 Å². The van der Waals surface area contributed by atoms with E-state index < -0.39 is 34.6 Å². The van der Waals surface area contributed by atoms with E-state index in [0.717, 1.165) is 21.7 Å². The average molecular weight is 572 g/mol. The minimum atomic E-state index is -4.51. The van der Waals surface area contributed by atoms with Crippen LogP contribution in [0.5, 0.6) is 0 Å². The molecule has 3 aromatic carbocycles. The lowest BCUT2D eigenvalue weighted by Crippen LogP contribution is -2.42. The topological polar surface area (TPSA) is 69.7 Å². The highest BCUT2D eigenvalue weighted by Gasteiger charge is 2.42. The Hall–Kier alpha value is -3.37. The summed E-state index contributed by atoms with van der Waals surface area (Å²) < 4.78 is 69.2. The Morgan fingerprint density at radius 2 is 1.70 bits per heavy atom. The van der Waals surface area contributed by atoms with E-state index >= 15 is 0 Å². The molecule has 2 unspecified atom stereocenters. The zero-order chi connectivity index (χ0) is 28.5. The molecule has 1 amide bonds. The Bertz CT molecular complexity index is 1480. The van der Waals surface area contributed by atoms with Gasteiger partial charge in [0, 0.05) is 36.9 Å². The fourth-order valence-electron chi connectivity index (χ4n) is 5.75. The number of nitrogens with one attached hydrogen (secondary N) is 1. The molecule has 212 valence electrons. The summed E-state index contributed by atoms with van der Waals surface area (Å²) in [6.07, 6.45) is -2.82. The largest absolute Gasteiger partial charge is 0.406 e. The van der Waals surface area contributed by atoms with Crippen LogP contribution in [0.25, 0.3) is 11.1 Å². The molecule has 0 saturated carbocycles. The Kier molecular flexibility index (Phi) is 7.92. The first-order valence-corrected chi connectivity index (χ1v) is 15.0. The zero-order valence-corrected chi connectivity index (χ0v) is 23.0. The molecule has 5 rings (SSSR count). The summed E-state index contributed by atoms with van der Waals surface area (Å²) in [5.41, 5.74) is 3.78. The fourth-order valence-corrected chi connectivity index (χ4v) is 7.03. The predicted molar refractivity (Wildman–Crippen MR) is 149 cm³/mol. The van der Waals surface area contributed by atoms with E-state index in [4.69, 9.17) is 0 Å². The fraction of sp³-hybridized carbons (Fsp3) is 0.367. The molecule has 1 aliphatic carbocycles. The molecule has 3 aromatic rings. The second kappa shape index (κ2) is 11.2. The molecule has 0 aromatic heterocycles. The SMILES string of the molecule is CCCCN(CC(F)(F)F)C(=O)C1c2ccccc2-c2cccc(N3CCC(NS(=O)(=O)c4ccccc4)C3)c21. The van der Waals surface area contributed by atoms with Crippen LogP contribution in [-0.2, 0) is 14.8 Å². The Balaban J connectivity index is 1.47. The average Bonchev–Trinajstić information content (AvgIpc) is 3.52. The Labute approximate surface area is 232 Å². The van der Waals surface area contributed by atoms with E-state index in [1.165, 1.54) is 12.1 Å². The van der Waals surface area contributed by atoms with Gasteiger partial charge in [0.2, 0.25) is 15.9 Å². The molecule has 1 N–H and O–H groups in total. The smallest absolute Gasteiger partial charge is 0.370 e. The van der Waals surface area contributed by atoms with E-state index in [1.807, 2.05) is 48.2 Å². The maximum absolute atomic E-state index is 13.9. The van der Waals surface area contributed by atoms with Crippen LogP contribution in [0.4, 0.5) is 18.9 Å². The van der Waals surface area contributed by atoms with Crippen LogP contribution in [0, 0.1) is 0 Å². The summed E-state index contributed by atoms with van der Waals surface area (Å²) in [5, 5.41) is 0. The summed E-state index contributed by atoms with van der Waals surface area (Å²) in [7, 11) is -3.71. The second-order valence-electron chi connectivity index (χ2n) is 10.4. The number of unbranched alkanes of at least 4 members (excludes halogenated alkanes) is 1. The normalized spacial score (nSPS) is 18.4. The van der Waals surface area contributed by atoms with Gasteiger partial charge in [-0.1, -0.05) is 67.9 Å². The Morgan fingerprint density at radius 1 is 1.00 bits per heavy atom. The van der Waals surface area contributed by atoms with Crippen molar-refractivity contribution in [2.75, 3.05) is 31.1 Å². The van der Waals surface area contributed by atoms with Crippen LogP contribution in [-0.4, -0.2) is 57.6 Å². The molecule has 1 saturated heterocycles. The third kappa shape index (κ3) is 5.74. The number of amides is 1. The van der Waals surface area contributed by atoms with Gasteiger partial charge in [-0.05, 0) is 47.7 Å². The van der Waals surface area contributed by atoms with Crippen molar-refractivity contribution < 1.29 is 26.4 Å². The molecule has 10 heteroatoms. The van der Waals surface area contributed by atoms with Crippen molar-refractivity contribution in [3.63, 3.8) is 0 Å². The van der Waals surface area contributed by atoms with Crippen LogP contribution in [0.2, 0.25) is 0 Å². The number of rotatable bonds is 9. The summed E-state index contributed by atoms with van der Waals surface area (Å²) >= 11 is 0. The molecule has 1 fully saturated rings. The maximum atomic E-state index is 13.9. The first-order valence-electron chi connectivity index (χ1n) is 13.5. The van der Waals surface area contributed by atoms with Gasteiger partial charge in [-0.3, -0.25) is 4.79 Å². The third-order valence-electron chi connectivity index (χ3n) is 7.55. The number of hydrogen-bond acceptors (Lipinski definition) is 4. The first-order chi connectivity index (χ1) is 19.1. The van der Waals surface area contributed by atoms with Crippen LogP contribution < -0.4 is 9.62 Å². The van der Waals surface area contributed by atoms with Crippen molar-refractivity contribution in [2.45, 2.75) is 49.2 Å². The highest BCUT2D eigenvalue weighted by molar-refractivity contribution is 7.89. The van der Waals surface area contributed by atoms with Gasteiger partial charge in [0.25, 0.3) is 0 Å². The number of carbonyl (C=O) groups is 1. The maximum Gasteiger partial charge on any atom is 0.406 e. The lowest BCUT2D eigenvalue weighted by Gasteiger charge is -2.30. The number of halogens is 3. The van der Waals surface area contributed by atoms with Gasteiger partial charge >= 0.3 is 6.18 Å². The van der Waals surface area contributed by atoms with Gasteiger partial charge in [-0.2, -0.15) is 13.2 Å². The minimum absolute atomic E-state index is 0.0259. The summed E-state index contributed by atoms with van der Waals surface area (Å²) in [6.45, 7) is 1.52. The molecule has 1 heterocycles. The molecular formula is C30H32F3N3O3S.